The largest absolute Gasteiger partial charge is 0.493 e. The normalized spacial score (nSPS) is 16.9. The molecule has 26 heavy (non-hydrogen) atoms. The Morgan fingerprint density at radius 3 is 2.69 bits per heavy atom. The number of nitrogens with one attached hydrogen (secondary N) is 1. The predicted molar refractivity (Wildman–Crippen MR) is 92.4 cm³/mol. The summed E-state index contributed by atoms with van der Waals surface area (Å²) in [5.41, 5.74) is 0.944. The van der Waals surface area contributed by atoms with Gasteiger partial charge in [-0.1, -0.05) is 11.2 Å². The van der Waals surface area contributed by atoms with Gasteiger partial charge in [0.25, 0.3) is 0 Å². The van der Waals surface area contributed by atoms with Gasteiger partial charge in [-0.15, -0.1) is 0 Å². The Labute approximate surface area is 151 Å². The molecule has 2 aliphatic rings. The number of nitrogens with zero attached hydrogens (tertiary/aromatic N) is 3. The molecule has 1 saturated heterocycles. The highest BCUT2D eigenvalue weighted by molar-refractivity contribution is 5.75. The van der Waals surface area contributed by atoms with Crippen molar-refractivity contribution in [1.29, 1.82) is 0 Å². The molecule has 1 aromatic heterocycles. The van der Waals surface area contributed by atoms with Gasteiger partial charge >= 0.3 is 6.03 Å². The SMILES string of the molecule is COc1ccc(CNC(=O)N2CC(c3nc(C4CC4)no3)C2)cc1OC. The maximum Gasteiger partial charge on any atom is 0.317 e. The Balaban J connectivity index is 1.27. The van der Waals surface area contributed by atoms with Gasteiger partial charge in [-0.05, 0) is 30.5 Å². The molecule has 1 aliphatic heterocycles. The highest BCUT2D eigenvalue weighted by atomic mass is 16.5. The number of hydrogen-bond donors (Lipinski definition) is 1. The molecule has 2 heterocycles. The summed E-state index contributed by atoms with van der Waals surface area (Å²) in [6, 6.07) is 5.49. The number of carbonyl (C=O) groups excluding carboxylic acids is 1. The Bertz CT molecular complexity index is 796. The van der Waals surface area contributed by atoms with Crippen LogP contribution in [0.25, 0.3) is 0 Å². The zero-order chi connectivity index (χ0) is 18.1. The van der Waals surface area contributed by atoms with Gasteiger partial charge < -0.3 is 24.2 Å². The van der Waals surface area contributed by atoms with Gasteiger partial charge in [-0.2, -0.15) is 4.98 Å². The average Bonchev–Trinajstić information content (AvgIpc) is 3.37. The molecule has 0 spiro atoms. The van der Waals surface area contributed by atoms with Crippen LogP contribution in [-0.2, 0) is 6.54 Å². The molecule has 2 fully saturated rings. The van der Waals surface area contributed by atoms with Gasteiger partial charge in [0, 0.05) is 25.6 Å². The number of carbonyl (C=O) groups is 1. The number of rotatable bonds is 6. The zero-order valence-corrected chi connectivity index (χ0v) is 14.9. The number of benzene rings is 1. The van der Waals surface area contributed by atoms with Crippen molar-refractivity contribution in [1.82, 2.24) is 20.4 Å². The second-order valence-corrected chi connectivity index (χ2v) is 6.72. The summed E-state index contributed by atoms with van der Waals surface area (Å²) in [5, 5.41) is 6.95. The van der Waals surface area contributed by atoms with Crippen molar-refractivity contribution >= 4 is 6.03 Å². The molecule has 138 valence electrons. The second kappa shape index (κ2) is 6.86. The van der Waals surface area contributed by atoms with Gasteiger partial charge in [-0.3, -0.25) is 0 Å². The molecule has 2 aromatic rings. The van der Waals surface area contributed by atoms with Crippen LogP contribution in [0.15, 0.2) is 22.7 Å². The van der Waals surface area contributed by atoms with Crippen molar-refractivity contribution in [2.24, 2.45) is 0 Å². The van der Waals surface area contributed by atoms with Gasteiger partial charge in [0.1, 0.15) is 0 Å². The molecule has 0 atom stereocenters. The molecule has 1 aliphatic carbocycles. The van der Waals surface area contributed by atoms with Crippen LogP contribution in [0.4, 0.5) is 4.79 Å². The molecular formula is C18H22N4O4. The number of aromatic nitrogens is 2. The van der Waals surface area contributed by atoms with E-state index in [-0.39, 0.29) is 11.9 Å². The van der Waals surface area contributed by atoms with Crippen LogP contribution >= 0.6 is 0 Å². The lowest BCUT2D eigenvalue weighted by Gasteiger charge is -2.36. The maximum atomic E-state index is 12.3. The first kappa shape index (κ1) is 16.7. The maximum absolute atomic E-state index is 12.3. The highest BCUT2D eigenvalue weighted by Gasteiger charge is 2.37. The number of amides is 2. The molecule has 1 saturated carbocycles. The Morgan fingerprint density at radius 2 is 2.00 bits per heavy atom. The first-order chi connectivity index (χ1) is 12.7. The quantitative estimate of drug-likeness (QED) is 0.852. The van der Waals surface area contributed by atoms with Crippen LogP contribution in [0.5, 0.6) is 11.5 Å². The molecule has 2 amide bonds. The Morgan fingerprint density at radius 1 is 1.23 bits per heavy atom. The third kappa shape index (κ3) is 3.31. The molecule has 4 rings (SSSR count). The number of urea groups is 1. The summed E-state index contributed by atoms with van der Waals surface area (Å²) >= 11 is 0. The van der Waals surface area contributed by atoms with Crippen LogP contribution in [-0.4, -0.2) is 48.4 Å². The van der Waals surface area contributed by atoms with Crippen LogP contribution in [0, 0.1) is 0 Å². The lowest BCUT2D eigenvalue weighted by Crippen LogP contribution is -2.52. The summed E-state index contributed by atoms with van der Waals surface area (Å²) in [4.78, 5) is 18.5. The van der Waals surface area contributed by atoms with Crippen LogP contribution in [0.3, 0.4) is 0 Å². The van der Waals surface area contributed by atoms with Crippen LogP contribution in [0.2, 0.25) is 0 Å². The molecule has 0 radical (unpaired) electrons. The summed E-state index contributed by atoms with van der Waals surface area (Å²) in [7, 11) is 3.18. The van der Waals surface area contributed by atoms with Gasteiger partial charge in [0.15, 0.2) is 17.3 Å². The number of likely N-dealkylation sites (tertiary alicyclic amines) is 1. The third-order valence-corrected chi connectivity index (χ3v) is 4.81. The van der Waals surface area contributed by atoms with Crippen LogP contribution < -0.4 is 14.8 Å². The fourth-order valence-corrected chi connectivity index (χ4v) is 3.00. The smallest absolute Gasteiger partial charge is 0.317 e. The molecule has 1 N–H and O–H groups in total. The number of ether oxygens (including phenoxy) is 2. The molecular weight excluding hydrogens is 336 g/mol. The fourth-order valence-electron chi connectivity index (χ4n) is 3.00. The van der Waals surface area contributed by atoms with Gasteiger partial charge in [-0.25, -0.2) is 4.79 Å². The third-order valence-electron chi connectivity index (χ3n) is 4.81. The first-order valence-electron chi connectivity index (χ1n) is 8.75. The van der Waals surface area contributed by atoms with Crippen molar-refractivity contribution in [2.75, 3.05) is 27.3 Å². The van der Waals surface area contributed by atoms with E-state index < -0.39 is 0 Å². The Kier molecular flexibility index (Phi) is 4.40. The minimum Gasteiger partial charge on any atom is -0.493 e. The van der Waals surface area contributed by atoms with Crippen LogP contribution in [0.1, 0.15) is 42.0 Å². The van der Waals surface area contributed by atoms with E-state index in [1.54, 1.807) is 19.1 Å². The lowest BCUT2D eigenvalue weighted by atomic mass is 10.0. The van der Waals surface area contributed by atoms with E-state index in [1.165, 1.54) is 0 Å². The molecule has 0 bridgehead atoms. The summed E-state index contributed by atoms with van der Waals surface area (Å²) in [6.07, 6.45) is 2.29. The monoisotopic (exact) mass is 358 g/mol. The minimum atomic E-state index is -0.0991. The topological polar surface area (TPSA) is 89.7 Å². The minimum absolute atomic E-state index is 0.0991. The van der Waals surface area contributed by atoms with Crippen molar-refractivity contribution < 1.29 is 18.8 Å². The molecule has 0 unspecified atom stereocenters. The van der Waals surface area contributed by atoms with E-state index in [0.29, 0.717) is 42.9 Å². The number of methoxy groups -OCH3 is 2. The molecule has 8 heteroatoms. The first-order valence-corrected chi connectivity index (χ1v) is 8.75. The van der Waals surface area contributed by atoms with Crippen molar-refractivity contribution in [3.05, 3.63) is 35.5 Å². The van der Waals surface area contributed by atoms with E-state index in [2.05, 4.69) is 15.5 Å². The fraction of sp³-hybridized carbons (Fsp3) is 0.500. The standard InChI is InChI=1S/C18H22N4O4/c1-24-14-6-3-11(7-15(14)25-2)8-19-18(23)22-9-13(10-22)17-20-16(21-26-17)12-4-5-12/h3,6-7,12-13H,4-5,8-10H2,1-2H3,(H,19,23). The van der Waals surface area contributed by atoms with E-state index in [4.69, 9.17) is 14.0 Å². The summed E-state index contributed by atoms with van der Waals surface area (Å²) < 4.78 is 15.8. The van der Waals surface area contributed by atoms with E-state index in [9.17, 15) is 4.79 Å². The average molecular weight is 358 g/mol. The molecule has 8 nitrogen and oxygen atoms in total. The number of hydrogen-bond acceptors (Lipinski definition) is 6. The highest BCUT2D eigenvalue weighted by Crippen LogP contribution is 2.39. The lowest BCUT2D eigenvalue weighted by molar-refractivity contribution is 0.136. The predicted octanol–water partition coefficient (Wildman–Crippen LogP) is 2.27. The van der Waals surface area contributed by atoms with E-state index in [0.717, 1.165) is 24.2 Å². The van der Waals surface area contributed by atoms with Gasteiger partial charge in [0.2, 0.25) is 5.89 Å². The van der Waals surface area contributed by atoms with Gasteiger partial charge in [0.05, 0.1) is 20.1 Å². The summed E-state index contributed by atoms with van der Waals surface area (Å²) in [6.45, 7) is 1.63. The van der Waals surface area contributed by atoms with E-state index >= 15 is 0 Å². The molecule has 1 aromatic carbocycles. The second-order valence-electron chi connectivity index (χ2n) is 6.72. The van der Waals surface area contributed by atoms with Crippen molar-refractivity contribution in [3.63, 3.8) is 0 Å². The van der Waals surface area contributed by atoms with E-state index in [1.807, 2.05) is 18.2 Å². The van der Waals surface area contributed by atoms with Crippen molar-refractivity contribution in [3.8, 4) is 11.5 Å². The zero-order valence-electron chi connectivity index (χ0n) is 14.9. The van der Waals surface area contributed by atoms with Crippen molar-refractivity contribution in [2.45, 2.75) is 31.2 Å². The Hall–Kier alpha value is -2.77. The summed E-state index contributed by atoms with van der Waals surface area (Å²) in [5.74, 6) is 3.40.